The minimum Gasteiger partial charge on any atom is -0.354 e. The predicted octanol–water partition coefficient (Wildman–Crippen LogP) is 2.79. The fourth-order valence-electron chi connectivity index (χ4n) is 3.20. The summed E-state index contributed by atoms with van der Waals surface area (Å²) in [6.07, 6.45) is 1.53. The Hall–Kier alpha value is -2.84. The quantitative estimate of drug-likeness (QED) is 0.676. The second-order valence-corrected chi connectivity index (χ2v) is 8.41. The third kappa shape index (κ3) is 3.74. The molecule has 0 bridgehead atoms. The first kappa shape index (κ1) is 18.5. The molecule has 2 heterocycles. The largest absolute Gasteiger partial charge is 0.354 e. The molecule has 4 rings (SSSR count). The molecule has 1 aromatic heterocycles. The van der Waals surface area contributed by atoms with Crippen molar-refractivity contribution in [1.29, 1.82) is 0 Å². The number of halogens is 1. The van der Waals surface area contributed by atoms with Crippen LogP contribution in [0.5, 0.6) is 0 Å². The first-order valence-electron chi connectivity index (χ1n) is 8.92. The van der Waals surface area contributed by atoms with E-state index >= 15 is 0 Å². The number of hydrogen-bond acceptors (Lipinski definition) is 5. The molecule has 1 aliphatic rings. The van der Waals surface area contributed by atoms with Gasteiger partial charge in [-0.1, -0.05) is 30.3 Å². The zero-order valence-electron chi connectivity index (χ0n) is 15.1. The van der Waals surface area contributed by atoms with Gasteiger partial charge in [0.15, 0.2) is 0 Å². The molecule has 1 fully saturated rings. The topological polar surface area (TPSA) is 66.4 Å². The molecule has 0 spiro atoms. The average molecular weight is 398 g/mol. The highest BCUT2D eigenvalue weighted by atomic mass is 32.2. The summed E-state index contributed by atoms with van der Waals surface area (Å²) in [5.74, 6) is 0.314. The summed E-state index contributed by atoms with van der Waals surface area (Å²) in [4.78, 5) is 10.8. The summed E-state index contributed by atoms with van der Waals surface area (Å²) in [5.41, 5.74) is 1.83. The second kappa shape index (κ2) is 7.65. The molecule has 1 aliphatic heterocycles. The zero-order valence-corrected chi connectivity index (χ0v) is 15.9. The van der Waals surface area contributed by atoms with Gasteiger partial charge in [-0.25, -0.2) is 22.8 Å². The fourth-order valence-corrected chi connectivity index (χ4v) is 4.62. The maximum Gasteiger partial charge on any atom is 0.243 e. The molecule has 0 amide bonds. The number of benzene rings is 2. The van der Waals surface area contributed by atoms with Crippen LogP contribution in [0.4, 0.5) is 10.2 Å². The molecule has 28 heavy (non-hydrogen) atoms. The molecule has 0 aliphatic carbocycles. The number of hydrogen-bond donors (Lipinski definition) is 0. The van der Waals surface area contributed by atoms with Gasteiger partial charge in [-0.15, -0.1) is 0 Å². The lowest BCUT2D eigenvalue weighted by Crippen LogP contribution is -2.48. The number of piperazine rings is 1. The molecule has 0 N–H and O–H groups in total. The molecule has 2 aromatic carbocycles. The van der Waals surface area contributed by atoms with Crippen molar-refractivity contribution in [3.8, 4) is 11.3 Å². The molecule has 8 heteroatoms. The summed E-state index contributed by atoms with van der Waals surface area (Å²) >= 11 is 0. The van der Waals surface area contributed by atoms with Gasteiger partial charge in [-0.2, -0.15) is 4.31 Å². The van der Waals surface area contributed by atoms with Crippen molar-refractivity contribution in [3.05, 3.63) is 72.8 Å². The van der Waals surface area contributed by atoms with Gasteiger partial charge in [0.1, 0.15) is 18.0 Å². The third-order valence-electron chi connectivity index (χ3n) is 4.74. The van der Waals surface area contributed by atoms with Crippen LogP contribution in [0.15, 0.2) is 71.9 Å². The van der Waals surface area contributed by atoms with Crippen LogP contribution in [0, 0.1) is 5.82 Å². The maximum atomic E-state index is 13.1. The monoisotopic (exact) mass is 398 g/mol. The van der Waals surface area contributed by atoms with E-state index in [-0.39, 0.29) is 4.90 Å². The van der Waals surface area contributed by atoms with Crippen LogP contribution in [-0.4, -0.2) is 48.9 Å². The van der Waals surface area contributed by atoms with Crippen molar-refractivity contribution < 1.29 is 12.8 Å². The van der Waals surface area contributed by atoms with Gasteiger partial charge < -0.3 is 4.90 Å². The summed E-state index contributed by atoms with van der Waals surface area (Å²) in [7, 11) is -3.63. The van der Waals surface area contributed by atoms with Gasteiger partial charge in [-0.05, 0) is 24.3 Å². The van der Waals surface area contributed by atoms with Crippen molar-refractivity contribution in [1.82, 2.24) is 14.3 Å². The third-order valence-corrected chi connectivity index (χ3v) is 6.65. The van der Waals surface area contributed by atoms with Gasteiger partial charge in [0.25, 0.3) is 0 Å². The second-order valence-electron chi connectivity index (χ2n) is 6.47. The van der Waals surface area contributed by atoms with Gasteiger partial charge in [0, 0.05) is 37.8 Å². The Morgan fingerprint density at radius 2 is 1.54 bits per heavy atom. The first-order valence-corrected chi connectivity index (χ1v) is 10.4. The minimum absolute atomic E-state index is 0.107. The van der Waals surface area contributed by atoms with Crippen LogP contribution in [0.25, 0.3) is 11.3 Å². The number of anilines is 1. The molecule has 1 saturated heterocycles. The highest BCUT2D eigenvalue weighted by molar-refractivity contribution is 7.89. The SMILES string of the molecule is O=S(=O)(c1ccc(F)cc1)N1CCN(c2cc(-c3ccccc3)ncn2)CC1. The predicted molar refractivity (Wildman–Crippen MR) is 105 cm³/mol. The van der Waals surface area contributed by atoms with E-state index in [4.69, 9.17) is 0 Å². The number of aromatic nitrogens is 2. The molecule has 0 atom stereocenters. The lowest BCUT2D eigenvalue weighted by Gasteiger charge is -2.34. The normalized spacial score (nSPS) is 15.5. The highest BCUT2D eigenvalue weighted by Gasteiger charge is 2.29. The zero-order chi connectivity index (χ0) is 19.6. The van der Waals surface area contributed by atoms with Crippen molar-refractivity contribution in [2.45, 2.75) is 4.90 Å². The lowest BCUT2D eigenvalue weighted by molar-refractivity contribution is 0.383. The molecule has 0 saturated carbocycles. The van der Waals surface area contributed by atoms with E-state index in [2.05, 4.69) is 9.97 Å². The Bertz CT molecular complexity index is 1050. The summed E-state index contributed by atoms with van der Waals surface area (Å²) in [6.45, 7) is 1.71. The van der Waals surface area contributed by atoms with E-state index in [0.717, 1.165) is 29.2 Å². The Kier molecular flexibility index (Phi) is 5.06. The van der Waals surface area contributed by atoms with Gasteiger partial charge in [-0.3, -0.25) is 0 Å². The van der Waals surface area contributed by atoms with E-state index in [9.17, 15) is 12.8 Å². The first-order chi connectivity index (χ1) is 13.5. The van der Waals surface area contributed by atoms with Gasteiger partial charge in [0.2, 0.25) is 10.0 Å². The number of nitrogens with zero attached hydrogens (tertiary/aromatic N) is 4. The lowest BCUT2D eigenvalue weighted by atomic mass is 10.1. The highest BCUT2D eigenvalue weighted by Crippen LogP contribution is 2.23. The van der Waals surface area contributed by atoms with Crippen molar-refractivity contribution in [3.63, 3.8) is 0 Å². The van der Waals surface area contributed by atoms with Crippen molar-refractivity contribution >= 4 is 15.8 Å². The average Bonchev–Trinajstić information content (AvgIpc) is 2.75. The molecule has 0 radical (unpaired) electrons. The van der Waals surface area contributed by atoms with E-state index in [1.807, 2.05) is 41.3 Å². The van der Waals surface area contributed by atoms with Crippen LogP contribution in [0.1, 0.15) is 0 Å². The molecule has 144 valence electrons. The van der Waals surface area contributed by atoms with Crippen LogP contribution in [-0.2, 0) is 10.0 Å². The fraction of sp³-hybridized carbons (Fsp3) is 0.200. The van der Waals surface area contributed by atoms with Crippen molar-refractivity contribution in [2.24, 2.45) is 0 Å². The Labute approximate surface area is 163 Å². The smallest absolute Gasteiger partial charge is 0.243 e. The van der Waals surface area contributed by atoms with Gasteiger partial charge in [0.05, 0.1) is 10.6 Å². The maximum absolute atomic E-state index is 13.1. The summed E-state index contributed by atoms with van der Waals surface area (Å²) < 4.78 is 40.0. The van der Waals surface area contributed by atoms with Crippen LogP contribution in [0.2, 0.25) is 0 Å². The van der Waals surface area contributed by atoms with Crippen LogP contribution in [0.3, 0.4) is 0 Å². The van der Waals surface area contributed by atoms with E-state index < -0.39 is 15.8 Å². The van der Waals surface area contributed by atoms with Crippen molar-refractivity contribution in [2.75, 3.05) is 31.1 Å². The van der Waals surface area contributed by atoms with E-state index in [0.29, 0.717) is 26.2 Å². The van der Waals surface area contributed by atoms with Gasteiger partial charge >= 0.3 is 0 Å². The molecular weight excluding hydrogens is 379 g/mol. The molecule has 6 nitrogen and oxygen atoms in total. The Morgan fingerprint density at radius 1 is 0.857 bits per heavy atom. The molecule has 3 aromatic rings. The summed E-state index contributed by atoms with van der Waals surface area (Å²) in [5, 5.41) is 0. The Morgan fingerprint density at radius 3 is 2.21 bits per heavy atom. The number of rotatable bonds is 4. The minimum atomic E-state index is -3.63. The van der Waals surface area contributed by atoms with E-state index in [1.165, 1.54) is 22.8 Å². The standard InChI is InChI=1S/C20H19FN4O2S/c21-17-6-8-18(9-7-17)28(26,27)25-12-10-24(11-13-25)20-14-19(22-15-23-20)16-4-2-1-3-5-16/h1-9,14-15H,10-13H2. The van der Waals surface area contributed by atoms with E-state index in [1.54, 1.807) is 0 Å². The summed E-state index contributed by atoms with van der Waals surface area (Å²) in [6, 6.07) is 16.7. The number of sulfonamides is 1. The van der Waals surface area contributed by atoms with Crippen LogP contribution >= 0.6 is 0 Å². The Balaban J connectivity index is 1.48. The molecular formula is C20H19FN4O2S. The van der Waals surface area contributed by atoms with Crippen LogP contribution < -0.4 is 4.90 Å². The molecule has 0 unspecified atom stereocenters.